The number of nitrogens with one attached hydrogen (secondary N) is 1. The first-order valence-corrected chi connectivity index (χ1v) is 10.9. The number of carbonyl (C=O) groups is 4. The first-order valence-electron chi connectivity index (χ1n) is 9.91. The van der Waals surface area contributed by atoms with Crippen molar-refractivity contribution in [2.45, 2.75) is 39.2 Å². The minimum atomic E-state index is -0.995. The van der Waals surface area contributed by atoms with Gasteiger partial charge in [0.05, 0.1) is 17.2 Å². The molecule has 0 saturated carbocycles. The van der Waals surface area contributed by atoms with Gasteiger partial charge in [0.1, 0.15) is 12.4 Å². The molecule has 1 aromatic heterocycles. The highest BCUT2D eigenvalue weighted by Crippen LogP contribution is 2.30. The molecule has 32 heavy (non-hydrogen) atoms. The van der Waals surface area contributed by atoms with Gasteiger partial charge in [-0.1, -0.05) is 37.7 Å². The average Bonchev–Trinajstić information content (AvgIpc) is 3.35. The fourth-order valence-corrected chi connectivity index (χ4v) is 3.85. The van der Waals surface area contributed by atoms with Gasteiger partial charge in [-0.3, -0.25) is 24.1 Å². The fourth-order valence-electron chi connectivity index (χ4n) is 3.13. The third-order valence-corrected chi connectivity index (χ3v) is 6.00. The van der Waals surface area contributed by atoms with Gasteiger partial charge in [0.2, 0.25) is 23.5 Å². The van der Waals surface area contributed by atoms with E-state index < -0.39 is 40.8 Å². The zero-order chi connectivity index (χ0) is 23.6. The number of carbonyl (C=O) groups excluding carboxylic acids is 4. The second kappa shape index (κ2) is 9.19. The van der Waals surface area contributed by atoms with Crippen molar-refractivity contribution < 1.29 is 28.0 Å². The molecule has 1 aliphatic heterocycles. The second-order valence-electron chi connectivity index (χ2n) is 8.23. The summed E-state index contributed by atoms with van der Waals surface area (Å²) in [6.45, 7) is 6.58. The van der Waals surface area contributed by atoms with E-state index in [2.05, 4.69) is 15.5 Å². The van der Waals surface area contributed by atoms with Crippen molar-refractivity contribution >= 4 is 34.6 Å². The van der Waals surface area contributed by atoms with Gasteiger partial charge in [-0.15, -0.1) is 10.2 Å². The highest BCUT2D eigenvalue weighted by atomic mass is 32.2. The second-order valence-corrected chi connectivity index (χ2v) is 9.16. The van der Waals surface area contributed by atoms with Crippen LogP contribution in [0.5, 0.6) is 0 Å². The van der Waals surface area contributed by atoms with Gasteiger partial charge in [-0.25, -0.2) is 4.39 Å². The number of hydrogen-bond donors (Lipinski definition) is 1. The van der Waals surface area contributed by atoms with E-state index in [1.807, 2.05) is 0 Å². The number of amides is 3. The lowest BCUT2D eigenvalue weighted by molar-refractivity contribution is -0.130. The number of aromatic nitrogens is 2. The van der Waals surface area contributed by atoms with Crippen LogP contribution in [0.2, 0.25) is 0 Å². The molecular weight excluding hydrogens is 439 g/mol. The molecule has 3 amide bonds. The normalized spacial score (nSPS) is 15.4. The van der Waals surface area contributed by atoms with E-state index in [1.165, 1.54) is 12.1 Å². The van der Waals surface area contributed by atoms with Gasteiger partial charge in [-0.05, 0) is 37.5 Å². The molecule has 11 heteroatoms. The SMILES string of the molecule is CC(C)[C@H](NC(=O)CN1C(=O)CSC1=O)C(=O)c1nnc(C(C)(C)c2ccc(F)cc2)o1. The Kier molecular flexibility index (Phi) is 6.77. The van der Waals surface area contributed by atoms with Crippen LogP contribution >= 0.6 is 11.8 Å². The van der Waals surface area contributed by atoms with E-state index >= 15 is 0 Å². The van der Waals surface area contributed by atoms with Crippen LogP contribution in [0.25, 0.3) is 0 Å². The molecule has 9 nitrogen and oxygen atoms in total. The van der Waals surface area contributed by atoms with Crippen LogP contribution in [-0.4, -0.2) is 56.3 Å². The van der Waals surface area contributed by atoms with Crippen molar-refractivity contribution in [3.63, 3.8) is 0 Å². The van der Waals surface area contributed by atoms with Crippen LogP contribution in [0.15, 0.2) is 28.7 Å². The van der Waals surface area contributed by atoms with Gasteiger partial charge >= 0.3 is 0 Å². The van der Waals surface area contributed by atoms with Crippen molar-refractivity contribution in [2.75, 3.05) is 12.3 Å². The highest BCUT2D eigenvalue weighted by molar-refractivity contribution is 8.14. The van der Waals surface area contributed by atoms with Crippen LogP contribution in [0.1, 0.15) is 49.8 Å². The lowest BCUT2D eigenvalue weighted by atomic mass is 9.84. The Bertz CT molecular complexity index is 1030. The smallest absolute Gasteiger partial charge is 0.289 e. The number of benzene rings is 1. The van der Waals surface area contributed by atoms with E-state index in [0.717, 1.165) is 16.7 Å². The van der Waals surface area contributed by atoms with E-state index in [-0.39, 0.29) is 29.3 Å². The zero-order valence-corrected chi connectivity index (χ0v) is 18.9. The third kappa shape index (κ3) is 4.87. The largest absolute Gasteiger partial charge is 0.417 e. The Morgan fingerprint density at radius 2 is 1.88 bits per heavy atom. The van der Waals surface area contributed by atoms with E-state index in [1.54, 1.807) is 39.8 Å². The number of halogens is 1. The number of thioether (sulfide) groups is 1. The number of imide groups is 1. The molecular formula is C21H23FN4O5S. The Labute approximate surface area is 188 Å². The predicted octanol–water partition coefficient (Wildman–Crippen LogP) is 2.55. The molecule has 2 aromatic rings. The number of rotatable bonds is 8. The Balaban J connectivity index is 1.75. The molecule has 0 radical (unpaired) electrons. The standard InChI is InChI=1S/C21H23FN4O5S/c1-11(2)16(23-14(27)9-26-15(28)10-32-20(26)30)17(29)18-24-25-19(31-18)21(3,4)12-5-7-13(22)8-6-12/h5-8,11,16H,9-10H2,1-4H3,(H,23,27)/t16-/m0/s1. The fraction of sp³-hybridized carbons (Fsp3) is 0.429. The molecule has 1 fully saturated rings. The number of ketones is 1. The summed E-state index contributed by atoms with van der Waals surface area (Å²) in [6, 6.07) is 4.83. The van der Waals surface area contributed by atoms with Gasteiger partial charge in [0.25, 0.3) is 11.1 Å². The predicted molar refractivity (Wildman–Crippen MR) is 113 cm³/mol. The molecule has 0 aliphatic carbocycles. The first-order chi connectivity index (χ1) is 15.0. The monoisotopic (exact) mass is 462 g/mol. The lowest BCUT2D eigenvalue weighted by Crippen LogP contribution is -2.49. The molecule has 0 bridgehead atoms. The maximum Gasteiger partial charge on any atom is 0.289 e. The van der Waals surface area contributed by atoms with Crippen LogP contribution < -0.4 is 5.32 Å². The van der Waals surface area contributed by atoms with Gasteiger partial charge in [-0.2, -0.15) is 0 Å². The molecule has 0 unspecified atom stereocenters. The molecule has 170 valence electrons. The summed E-state index contributed by atoms with van der Waals surface area (Å²) >= 11 is 0.824. The van der Waals surface area contributed by atoms with Crippen LogP contribution in [0.3, 0.4) is 0 Å². The number of Topliss-reactive ketones (excluding diaryl/α,β-unsaturated/α-hetero) is 1. The molecule has 3 rings (SSSR count). The minimum Gasteiger partial charge on any atom is -0.417 e. The topological polar surface area (TPSA) is 122 Å². The summed E-state index contributed by atoms with van der Waals surface area (Å²) in [5, 5.41) is 9.89. The molecule has 1 N–H and O–H groups in total. The Morgan fingerprint density at radius 1 is 1.22 bits per heavy atom. The zero-order valence-electron chi connectivity index (χ0n) is 18.0. The summed E-state index contributed by atoms with van der Waals surface area (Å²) in [4.78, 5) is 49.6. The lowest BCUT2D eigenvalue weighted by Gasteiger charge is -2.22. The van der Waals surface area contributed by atoms with Crippen molar-refractivity contribution in [1.29, 1.82) is 0 Å². The first kappa shape index (κ1) is 23.6. The highest BCUT2D eigenvalue weighted by Gasteiger charge is 2.36. The minimum absolute atomic E-state index is 0.00669. The summed E-state index contributed by atoms with van der Waals surface area (Å²) in [5.74, 6) is -2.52. The summed E-state index contributed by atoms with van der Waals surface area (Å²) in [6.07, 6.45) is 0. The van der Waals surface area contributed by atoms with Crippen molar-refractivity contribution in [1.82, 2.24) is 20.4 Å². The quantitative estimate of drug-likeness (QED) is 0.594. The molecule has 1 atom stereocenters. The van der Waals surface area contributed by atoms with Crippen LogP contribution in [-0.2, 0) is 15.0 Å². The van der Waals surface area contributed by atoms with Gasteiger partial charge in [0.15, 0.2) is 0 Å². The summed E-state index contributed by atoms with van der Waals surface area (Å²) in [5.41, 5.74) is -0.0719. The van der Waals surface area contributed by atoms with Gasteiger partial charge in [0, 0.05) is 0 Å². The van der Waals surface area contributed by atoms with Crippen LogP contribution in [0.4, 0.5) is 9.18 Å². The molecule has 0 spiro atoms. The van der Waals surface area contributed by atoms with Crippen molar-refractivity contribution in [3.8, 4) is 0 Å². The molecule has 2 heterocycles. The van der Waals surface area contributed by atoms with E-state index in [9.17, 15) is 23.6 Å². The Hall–Kier alpha value is -3.08. The maximum absolute atomic E-state index is 13.3. The number of hydrogen-bond acceptors (Lipinski definition) is 8. The van der Waals surface area contributed by atoms with Gasteiger partial charge < -0.3 is 9.73 Å². The van der Waals surface area contributed by atoms with Crippen LogP contribution in [0, 0.1) is 11.7 Å². The maximum atomic E-state index is 13.3. The van der Waals surface area contributed by atoms with E-state index in [4.69, 9.17) is 4.42 Å². The molecule has 1 aliphatic rings. The number of nitrogens with zero attached hydrogens (tertiary/aromatic N) is 3. The van der Waals surface area contributed by atoms with Crippen molar-refractivity contribution in [2.24, 2.45) is 5.92 Å². The van der Waals surface area contributed by atoms with Crippen molar-refractivity contribution in [3.05, 3.63) is 47.4 Å². The summed E-state index contributed by atoms with van der Waals surface area (Å²) < 4.78 is 18.9. The average molecular weight is 463 g/mol. The third-order valence-electron chi connectivity index (χ3n) is 5.14. The molecule has 1 saturated heterocycles. The Morgan fingerprint density at radius 3 is 2.44 bits per heavy atom. The summed E-state index contributed by atoms with van der Waals surface area (Å²) in [7, 11) is 0. The molecule has 1 aromatic carbocycles. The van der Waals surface area contributed by atoms with E-state index in [0.29, 0.717) is 5.56 Å².